The lowest BCUT2D eigenvalue weighted by molar-refractivity contribution is 0.0696. The van der Waals surface area contributed by atoms with Crippen LogP contribution in [0.15, 0.2) is 27.2 Å². The maximum absolute atomic E-state index is 11.1. The minimum Gasteiger partial charge on any atom is -0.477 e. The molecule has 0 saturated heterocycles. The number of rotatable bonds is 2. The Balaban J connectivity index is 2.65. The maximum Gasteiger partial charge on any atom is 0.341 e. The molecule has 1 heterocycles. The van der Waals surface area contributed by atoms with E-state index in [1.54, 1.807) is 25.1 Å². The molecule has 2 rings (SSSR count). The molecule has 0 saturated carbocycles. The second-order valence-electron chi connectivity index (χ2n) is 3.40. The molecule has 1 N–H and O–H groups in total. The van der Waals surface area contributed by atoms with Crippen LogP contribution in [0.25, 0.3) is 11.3 Å². The number of aromatic carboxylic acids is 1. The molecule has 0 bridgehead atoms. The van der Waals surface area contributed by atoms with E-state index in [2.05, 4.69) is 21.1 Å². The highest BCUT2D eigenvalue weighted by Gasteiger charge is 2.22. The zero-order valence-corrected chi connectivity index (χ0v) is 11.0. The fourth-order valence-electron chi connectivity index (χ4n) is 1.48. The van der Waals surface area contributed by atoms with Gasteiger partial charge in [-0.05, 0) is 25.1 Å². The van der Waals surface area contributed by atoms with Crippen LogP contribution >= 0.6 is 27.5 Å². The van der Waals surface area contributed by atoms with Crippen molar-refractivity contribution >= 4 is 33.5 Å². The molecule has 0 amide bonds. The largest absolute Gasteiger partial charge is 0.477 e. The predicted octanol–water partition coefficient (Wildman–Crippen LogP) is 3.76. The fraction of sp³-hybridized carbons (Fsp3) is 0.0909. The van der Waals surface area contributed by atoms with Crippen LogP contribution in [0.5, 0.6) is 0 Å². The Labute approximate surface area is 110 Å². The third-order valence-corrected chi connectivity index (χ3v) is 3.06. The average molecular weight is 317 g/mol. The number of carbonyl (C=O) groups is 1. The second-order valence-corrected chi connectivity index (χ2v) is 4.72. The topological polar surface area (TPSA) is 63.3 Å². The molecule has 2 aromatic rings. The number of nitrogens with zero attached hydrogens (tertiary/aromatic N) is 1. The summed E-state index contributed by atoms with van der Waals surface area (Å²) in [7, 11) is 0. The minimum absolute atomic E-state index is 0.0363. The van der Waals surface area contributed by atoms with Crippen molar-refractivity contribution in [3.8, 4) is 11.3 Å². The molecule has 88 valence electrons. The Kier molecular flexibility index (Phi) is 3.22. The molecule has 0 spiro atoms. The third kappa shape index (κ3) is 2.21. The van der Waals surface area contributed by atoms with Gasteiger partial charge in [-0.3, -0.25) is 0 Å². The van der Waals surface area contributed by atoms with Gasteiger partial charge in [-0.25, -0.2) is 4.79 Å². The van der Waals surface area contributed by atoms with Gasteiger partial charge in [0.05, 0.1) is 10.7 Å². The van der Waals surface area contributed by atoms with Gasteiger partial charge in [0.1, 0.15) is 5.56 Å². The van der Waals surface area contributed by atoms with E-state index in [0.29, 0.717) is 16.3 Å². The second kappa shape index (κ2) is 4.50. The molecule has 6 heteroatoms. The van der Waals surface area contributed by atoms with Crippen molar-refractivity contribution in [3.05, 3.63) is 39.0 Å². The summed E-state index contributed by atoms with van der Waals surface area (Å²) in [6.07, 6.45) is 0. The van der Waals surface area contributed by atoms with Gasteiger partial charge < -0.3 is 9.63 Å². The lowest BCUT2D eigenvalue weighted by atomic mass is 10.1. The first-order chi connectivity index (χ1) is 8.00. The van der Waals surface area contributed by atoms with Gasteiger partial charge >= 0.3 is 5.97 Å². The van der Waals surface area contributed by atoms with Crippen molar-refractivity contribution < 1.29 is 14.4 Å². The standard InChI is InChI=1S/C11H7BrClNO3/c1-5-9(11(15)16)10(17-14-5)7-3-2-6(12)4-8(7)13/h2-4H,1H3,(H,15,16). The van der Waals surface area contributed by atoms with Gasteiger partial charge in [0.15, 0.2) is 5.76 Å². The summed E-state index contributed by atoms with van der Waals surface area (Å²) in [5, 5.41) is 13.1. The molecular weight excluding hydrogens is 309 g/mol. The molecule has 0 aliphatic heterocycles. The highest BCUT2D eigenvalue weighted by atomic mass is 79.9. The normalized spacial score (nSPS) is 10.5. The van der Waals surface area contributed by atoms with Crippen LogP contribution in [0, 0.1) is 6.92 Å². The summed E-state index contributed by atoms with van der Waals surface area (Å²) in [5.41, 5.74) is 0.869. The number of benzene rings is 1. The number of carboxylic acid groups (broad SMARTS) is 1. The molecule has 0 radical (unpaired) electrons. The molecular formula is C11H7BrClNO3. The molecule has 0 unspecified atom stereocenters. The third-order valence-electron chi connectivity index (χ3n) is 2.25. The van der Waals surface area contributed by atoms with E-state index in [0.717, 1.165) is 4.47 Å². The first-order valence-electron chi connectivity index (χ1n) is 4.65. The van der Waals surface area contributed by atoms with Crippen LogP contribution in [-0.2, 0) is 0 Å². The van der Waals surface area contributed by atoms with Gasteiger partial charge in [-0.15, -0.1) is 0 Å². The minimum atomic E-state index is -1.09. The van der Waals surface area contributed by atoms with E-state index >= 15 is 0 Å². The number of hydrogen-bond donors (Lipinski definition) is 1. The Morgan fingerprint density at radius 1 is 1.53 bits per heavy atom. The number of carboxylic acids is 1. The highest BCUT2D eigenvalue weighted by Crippen LogP contribution is 2.33. The molecule has 0 aliphatic carbocycles. The van der Waals surface area contributed by atoms with Crippen LogP contribution < -0.4 is 0 Å². The van der Waals surface area contributed by atoms with E-state index in [4.69, 9.17) is 21.2 Å². The lowest BCUT2D eigenvalue weighted by Crippen LogP contribution is -1.99. The summed E-state index contributed by atoms with van der Waals surface area (Å²) in [6, 6.07) is 5.10. The van der Waals surface area contributed by atoms with Crippen LogP contribution in [0.3, 0.4) is 0 Å². The summed E-state index contributed by atoms with van der Waals surface area (Å²) in [4.78, 5) is 11.1. The molecule has 1 aromatic carbocycles. The number of halogens is 2. The first-order valence-corrected chi connectivity index (χ1v) is 5.82. The molecule has 4 nitrogen and oxygen atoms in total. The van der Waals surface area contributed by atoms with E-state index < -0.39 is 5.97 Å². The first kappa shape index (κ1) is 12.1. The van der Waals surface area contributed by atoms with E-state index in [1.807, 2.05) is 0 Å². The van der Waals surface area contributed by atoms with Gasteiger partial charge in [0.2, 0.25) is 0 Å². The molecule has 0 fully saturated rings. The SMILES string of the molecule is Cc1noc(-c2ccc(Br)cc2Cl)c1C(=O)O. The zero-order chi connectivity index (χ0) is 12.6. The Hall–Kier alpha value is -1.33. The van der Waals surface area contributed by atoms with Gasteiger partial charge in [-0.2, -0.15) is 0 Å². The van der Waals surface area contributed by atoms with E-state index in [1.165, 1.54) is 0 Å². The fourth-order valence-corrected chi connectivity index (χ4v) is 2.24. The number of aryl methyl sites for hydroxylation is 1. The van der Waals surface area contributed by atoms with Crippen molar-refractivity contribution in [2.75, 3.05) is 0 Å². The number of aromatic nitrogens is 1. The van der Waals surface area contributed by atoms with Gasteiger partial charge in [-0.1, -0.05) is 32.7 Å². The number of hydrogen-bond acceptors (Lipinski definition) is 3. The summed E-state index contributed by atoms with van der Waals surface area (Å²) in [6.45, 7) is 1.57. The van der Waals surface area contributed by atoms with Crippen molar-refractivity contribution in [2.45, 2.75) is 6.92 Å². The zero-order valence-electron chi connectivity index (χ0n) is 8.70. The smallest absolute Gasteiger partial charge is 0.341 e. The summed E-state index contributed by atoms with van der Waals surface area (Å²) in [5.74, 6) is -0.912. The Morgan fingerprint density at radius 3 is 2.82 bits per heavy atom. The van der Waals surface area contributed by atoms with Crippen LogP contribution in [-0.4, -0.2) is 16.2 Å². The van der Waals surface area contributed by atoms with E-state index in [9.17, 15) is 4.79 Å². The van der Waals surface area contributed by atoms with Crippen LogP contribution in [0.1, 0.15) is 16.1 Å². The molecule has 17 heavy (non-hydrogen) atoms. The van der Waals surface area contributed by atoms with Gasteiger partial charge in [0.25, 0.3) is 0 Å². The average Bonchev–Trinajstić information content (AvgIpc) is 2.60. The monoisotopic (exact) mass is 315 g/mol. The molecule has 0 aliphatic rings. The van der Waals surface area contributed by atoms with Gasteiger partial charge in [0, 0.05) is 10.0 Å². The molecule has 0 atom stereocenters. The maximum atomic E-state index is 11.1. The lowest BCUT2D eigenvalue weighted by Gasteiger charge is -2.01. The quantitative estimate of drug-likeness (QED) is 0.916. The Bertz CT molecular complexity index is 594. The predicted molar refractivity (Wildman–Crippen MR) is 66.3 cm³/mol. The Morgan fingerprint density at radius 2 is 2.24 bits per heavy atom. The van der Waals surface area contributed by atoms with Crippen molar-refractivity contribution in [2.24, 2.45) is 0 Å². The van der Waals surface area contributed by atoms with Crippen molar-refractivity contribution in [1.82, 2.24) is 5.16 Å². The summed E-state index contributed by atoms with van der Waals surface area (Å²) < 4.78 is 5.84. The summed E-state index contributed by atoms with van der Waals surface area (Å²) >= 11 is 9.31. The van der Waals surface area contributed by atoms with Crippen LogP contribution in [0.2, 0.25) is 5.02 Å². The highest BCUT2D eigenvalue weighted by molar-refractivity contribution is 9.10. The van der Waals surface area contributed by atoms with Crippen molar-refractivity contribution in [1.29, 1.82) is 0 Å². The van der Waals surface area contributed by atoms with E-state index in [-0.39, 0.29) is 11.3 Å². The van der Waals surface area contributed by atoms with Crippen molar-refractivity contribution in [3.63, 3.8) is 0 Å². The molecule has 1 aromatic heterocycles. The van der Waals surface area contributed by atoms with Crippen LogP contribution in [0.4, 0.5) is 0 Å².